The van der Waals surface area contributed by atoms with E-state index < -0.39 is 25.4 Å². The summed E-state index contributed by atoms with van der Waals surface area (Å²) < 4.78 is 47.7. The molecule has 1 atom stereocenters. The summed E-state index contributed by atoms with van der Waals surface area (Å²) in [5.74, 6) is -0.277. The summed E-state index contributed by atoms with van der Waals surface area (Å²) in [6, 6.07) is 0. The zero-order valence-electron chi connectivity index (χ0n) is 8.56. The topological polar surface area (TPSA) is 106 Å². The number of sulfone groups is 1. The maximum Gasteiger partial charge on any atom is 0.213 e. The SMILES string of the molecule is CC1(NS(=O)(=O)CCN)CCS(=O)(=O)C1. The van der Waals surface area contributed by atoms with Crippen molar-refractivity contribution >= 4 is 19.9 Å². The summed E-state index contributed by atoms with van der Waals surface area (Å²) >= 11 is 0. The lowest BCUT2D eigenvalue weighted by Gasteiger charge is -2.23. The van der Waals surface area contributed by atoms with Gasteiger partial charge in [0, 0.05) is 12.1 Å². The molecule has 1 aliphatic rings. The van der Waals surface area contributed by atoms with E-state index in [-0.39, 0.29) is 23.8 Å². The van der Waals surface area contributed by atoms with Crippen LogP contribution in [0.15, 0.2) is 0 Å². The Morgan fingerprint density at radius 2 is 2.07 bits per heavy atom. The molecule has 6 nitrogen and oxygen atoms in total. The van der Waals surface area contributed by atoms with Gasteiger partial charge in [0.2, 0.25) is 10.0 Å². The van der Waals surface area contributed by atoms with Gasteiger partial charge in [0.05, 0.1) is 17.3 Å². The maximum absolute atomic E-state index is 11.4. The fourth-order valence-electron chi connectivity index (χ4n) is 1.67. The Hall–Kier alpha value is -0.180. The van der Waals surface area contributed by atoms with Crippen LogP contribution in [0.5, 0.6) is 0 Å². The van der Waals surface area contributed by atoms with Crippen LogP contribution in [0.1, 0.15) is 13.3 Å². The van der Waals surface area contributed by atoms with Crippen molar-refractivity contribution in [3.05, 3.63) is 0 Å². The van der Waals surface area contributed by atoms with Crippen molar-refractivity contribution in [3.63, 3.8) is 0 Å². The smallest absolute Gasteiger partial charge is 0.213 e. The lowest BCUT2D eigenvalue weighted by atomic mass is 10.0. The van der Waals surface area contributed by atoms with Crippen LogP contribution in [0.2, 0.25) is 0 Å². The first-order chi connectivity index (χ1) is 6.68. The molecule has 0 aliphatic carbocycles. The zero-order valence-corrected chi connectivity index (χ0v) is 10.2. The van der Waals surface area contributed by atoms with Crippen molar-refractivity contribution in [1.29, 1.82) is 0 Å². The third-order valence-corrected chi connectivity index (χ3v) is 5.77. The van der Waals surface area contributed by atoms with Crippen molar-refractivity contribution in [2.24, 2.45) is 5.73 Å². The van der Waals surface area contributed by atoms with Crippen LogP contribution in [-0.2, 0) is 19.9 Å². The highest BCUT2D eigenvalue weighted by Gasteiger charge is 2.40. The number of hydrogen-bond donors (Lipinski definition) is 2. The van der Waals surface area contributed by atoms with E-state index in [0.717, 1.165) is 0 Å². The zero-order chi connectivity index (χ0) is 11.7. The number of nitrogens with one attached hydrogen (secondary N) is 1. The van der Waals surface area contributed by atoms with Crippen LogP contribution in [0.3, 0.4) is 0 Å². The van der Waals surface area contributed by atoms with Gasteiger partial charge in [0.15, 0.2) is 9.84 Å². The molecule has 0 aromatic heterocycles. The normalized spacial score (nSPS) is 30.5. The first-order valence-electron chi connectivity index (χ1n) is 4.60. The molecular formula is C7H16N2O4S2. The minimum atomic E-state index is -3.46. The largest absolute Gasteiger partial charge is 0.329 e. The molecule has 0 radical (unpaired) electrons. The quantitative estimate of drug-likeness (QED) is 0.633. The van der Waals surface area contributed by atoms with Crippen LogP contribution in [0, 0.1) is 0 Å². The summed E-state index contributed by atoms with van der Waals surface area (Å²) in [4.78, 5) is 0. The van der Waals surface area contributed by atoms with Gasteiger partial charge in [0.25, 0.3) is 0 Å². The highest BCUT2D eigenvalue weighted by atomic mass is 32.2. The molecule has 1 unspecified atom stereocenters. The first-order valence-corrected chi connectivity index (χ1v) is 8.08. The first kappa shape index (κ1) is 12.9. The molecular weight excluding hydrogens is 240 g/mol. The summed E-state index contributed by atoms with van der Waals surface area (Å²) in [5, 5.41) is 0. The van der Waals surface area contributed by atoms with Gasteiger partial charge in [-0.2, -0.15) is 0 Å². The van der Waals surface area contributed by atoms with Crippen LogP contribution in [0.4, 0.5) is 0 Å². The standard InChI is InChI=1S/C7H16N2O4S2/c1-7(2-4-14(10,11)6-7)9-15(12,13)5-3-8/h9H,2-6,8H2,1H3. The highest BCUT2D eigenvalue weighted by molar-refractivity contribution is 7.92. The van der Waals surface area contributed by atoms with Gasteiger partial charge in [-0.3, -0.25) is 0 Å². The predicted octanol–water partition coefficient (Wildman–Crippen LogP) is -1.56. The van der Waals surface area contributed by atoms with Gasteiger partial charge in [-0.05, 0) is 13.3 Å². The Morgan fingerprint density at radius 3 is 2.47 bits per heavy atom. The molecule has 1 rings (SSSR count). The van der Waals surface area contributed by atoms with E-state index in [9.17, 15) is 16.8 Å². The molecule has 90 valence electrons. The van der Waals surface area contributed by atoms with Crippen LogP contribution in [0.25, 0.3) is 0 Å². The minimum absolute atomic E-state index is 0.0260. The van der Waals surface area contributed by atoms with Crippen molar-refractivity contribution < 1.29 is 16.8 Å². The van der Waals surface area contributed by atoms with Crippen molar-refractivity contribution in [1.82, 2.24) is 4.72 Å². The molecule has 3 N–H and O–H groups in total. The predicted molar refractivity (Wildman–Crippen MR) is 57.7 cm³/mol. The van der Waals surface area contributed by atoms with Crippen molar-refractivity contribution in [2.75, 3.05) is 23.8 Å². The lowest BCUT2D eigenvalue weighted by Crippen LogP contribution is -2.48. The van der Waals surface area contributed by atoms with Crippen LogP contribution >= 0.6 is 0 Å². The lowest BCUT2D eigenvalue weighted by molar-refractivity contribution is 0.462. The van der Waals surface area contributed by atoms with E-state index in [4.69, 9.17) is 5.73 Å². The molecule has 0 amide bonds. The Bertz CT molecular complexity index is 428. The molecule has 1 fully saturated rings. The number of hydrogen-bond acceptors (Lipinski definition) is 5. The van der Waals surface area contributed by atoms with Crippen molar-refractivity contribution in [2.45, 2.75) is 18.9 Å². The second-order valence-electron chi connectivity index (χ2n) is 4.11. The molecule has 0 aromatic carbocycles. The monoisotopic (exact) mass is 256 g/mol. The molecule has 8 heteroatoms. The van der Waals surface area contributed by atoms with E-state index in [0.29, 0.717) is 6.42 Å². The molecule has 1 heterocycles. The molecule has 0 spiro atoms. The van der Waals surface area contributed by atoms with Gasteiger partial charge in [-0.15, -0.1) is 0 Å². The molecule has 15 heavy (non-hydrogen) atoms. The van der Waals surface area contributed by atoms with E-state index >= 15 is 0 Å². The molecule has 1 saturated heterocycles. The summed E-state index contributed by atoms with van der Waals surface area (Å²) in [7, 11) is -6.56. The number of sulfonamides is 1. The molecule has 0 saturated carbocycles. The number of nitrogens with two attached hydrogens (primary N) is 1. The van der Waals surface area contributed by atoms with Crippen LogP contribution < -0.4 is 10.5 Å². The van der Waals surface area contributed by atoms with Gasteiger partial charge in [-0.25, -0.2) is 21.6 Å². The van der Waals surface area contributed by atoms with Gasteiger partial charge >= 0.3 is 0 Å². The van der Waals surface area contributed by atoms with Crippen molar-refractivity contribution in [3.8, 4) is 0 Å². The maximum atomic E-state index is 11.4. The van der Waals surface area contributed by atoms with E-state index in [1.165, 1.54) is 0 Å². The Labute approximate surface area is 90.2 Å². The number of rotatable bonds is 4. The summed E-state index contributed by atoms with van der Waals surface area (Å²) in [5.41, 5.74) is 4.28. The third kappa shape index (κ3) is 3.71. The van der Waals surface area contributed by atoms with E-state index in [2.05, 4.69) is 4.72 Å². The Morgan fingerprint density at radius 1 is 1.47 bits per heavy atom. The fourth-order valence-corrected chi connectivity index (χ4v) is 5.19. The highest BCUT2D eigenvalue weighted by Crippen LogP contribution is 2.23. The van der Waals surface area contributed by atoms with E-state index in [1.54, 1.807) is 6.92 Å². The Balaban J connectivity index is 2.75. The minimum Gasteiger partial charge on any atom is -0.329 e. The van der Waals surface area contributed by atoms with Gasteiger partial charge in [0.1, 0.15) is 0 Å². The average Bonchev–Trinajstić information content (AvgIpc) is 2.23. The molecule has 0 bridgehead atoms. The molecule has 0 aromatic rings. The van der Waals surface area contributed by atoms with Crippen LogP contribution in [-0.4, -0.2) is 46.2 Å². The van der Waals surface area contributed by atoms with Gasteiger partial charge < -0.3 is 5.73 Å². The second-order valence-corrected chi connectivity index (χ2v) is 8.14. The second kappa shape index (κ2) is 4.00. The Kier molecular flexibility index (Phi) is 3.44. The third-order valence-electron chi connectivity index (χ3n) is 2.29. The summed E-state index contributed by atoms with van der Waals surface area (Å²) in [6.45, 7) is 1.63. The fraction of sp³-hybridized carbons (Fsp3) is 1.00. The average molecular weight is 256 g/mol. The van der Waals surface area contributed by atoms with Gasteiger partial charge in [-0.1, -0.05) is 0 Å². The van der Waals surface area contributed by atoms with E-state index in [1.807, 2.05) is 0 Å². The summed E-state index contributed by atoms with van der Waals surface area (Å²) in [6.07, 6.45) is 0.319. The molecule has 1 aliphatic heterocycles.